The first-order valence-electron chi connectivity index (χ1n) is 14.1. The lowest BCUT2D eigenvalue weighted by Gasteiger charge is -2.30. The maximum Gasteiger partial charge on any atom is 0.306 e. The fraction of sp³-hybridized carbons (Fsp3) is 0.469. The Hall–Kier alpha value is -4.01. The van der Waals surface area contributed by atoms with Crippen LogP contribution in [0.5, 0.6) is 0 Å². The number of likely N-dealkylation sites (N-methyl/N-ethyl adjacent to an activating group) is 1. The second-order valence-corrected chi connectivity index (χ2v) is 10.9. The van der Waals surface area contributed by atoms with Crippen LogP contribution in [0.1, 0.15) is 58.1 Å². The highest BCUT2D eigenvalue weighted by molar-refractivity contribution is 6.38. The van der Waals surface area contributed by atoms with Crippen LogP contribution in [0.25, 0.3) is 0 Å². The summed E-state index contributed by atoms with van der Waals surface area (Å²) in [5.74, 6) is -4.57. The smallest absolute Gasteiger partial charge is 0.306 e. The van der Waals surface area contributed by atoms with Gasteiger partial charge in [-0.2, -0.15) is 0 Å². The number of amides is 3. The topological polar surface area (TPSA) is 136 Å². The summed E-state index contributed by atoms with van der Waals surface area (Å²) in [5, 5.41) is 2.75. The lowest BCUT2D eigenvalue weighted by atomic mass is 9.90. The minimum atomic E-state index is -1.14. The molecule has 0 aliphatic heterocycles. The van der Waals surface area contributed by atoms with Crippen LogP contribution in [0.3, 0.4) is 0 Å². The molecule has 0 saturated carbocycles. The number of ether oxygens (including phenoxy) is 1. The standard InChI is InChI=1S/C32H43N3O6/c1-6-22(4)28(29(37)32(40)35(5)26(30(33)38)18-23-13-9-7-10-14-23)34-31(39)25(17-21(2)3)19-27(36)41-20-24-15-11-8-12-16-24/h7-16,21-22,25-26,28H,6,17-20H2,1-5H3,(H2,33,38)(H,34,39)/t22-,25+,26-,28?/m0/s1. The van der Waals surface area contributed by atoms with Crippen LogP contribution in [0.15, 0.2) is 60.7 Å². The van der Waals surface area contributed by atoms with Gasteiger partial charge in [0.15, 0.2) is 0 Å². The Labute approximate surface area is 242 Å². The van der Waals surface area contributed by atoms with Crippen molar-refractivity contribution < 1.29 is 28.7 Å². The number of primary amides is 1. The van der Waals surface area contributed by atoms with E-state index in [-0.39, 0.29) is 31.3 Å². The van der Waals surface area contributed by atoms with Gasteiger partial charge < -0.3 is 20.7 Å². The highest BCUT2D eigenvalue weighted by atomic mass is 16.5. The second-order valence-electron chi connectivity index (χ2n) is 10.9. The average Bonchev–Trinajstić information content (AvgIpc) is 2.96. The first-order chi connectivity index (χ1) is 19.4. The molecule has 0 fully saturated rings. The van der Waals surface area contributed by atoms with Gasteiger partial charge in [0.2, 0.25) is 17.6 Å². The molecule has 0 aliphatic rings. The Morgan fingerprint density at radius 1 is 0.902 bits per heavy atom. The zero-order chi connectivity index (χ0) is 30.5. The number of hydrogen-bond acceptors (Lipinski definition) is 6. The Balaban J connectivity index is 2.16. The Morgan fingerprint density at radius 3 is 1.98 bits per heavy atom. The van der Waals surface area contributed by atoms with Crippen molar-refractivity contribution in [3.63, 3.8) is 0 Å². The Kier molecular flexibility index (Phi) is 13.2. The van der Waals surface area contributed by atoms with Gasteiger partial charge in [0.1, 0.15) is 12.6 Å². The molecule has 0 aliphatic carbocycles. The second kappa shape index (κ2) is 16.3. The summed E-state index contributed by atoms with van der Waals surface area (Å²) in [6.45, 7) is 7.56. The van der Waals surface area contributed by atoms with Crippen LogP contribution in [0.2, 0.25) is 0 Å². The number of Topliss-reactive ketones (excluding diaryl/α,β-unsaturated/α-hetero) is 1. The number of nitrogens with one attached hydrogen (secondary N) is 1. The van der Waals surface area contributed by atoms with Gasteiger partial charge in [0, 0.05) is 19.4 Å². The number of esters is 1. The molecule has 9 heteroatoms. The lowest BCUT2D eigenvalue weighted by molar-refractivity contribution is -0.150. The summed E-state index contributed by atoms with van der Waals surface area (Å²) < 4.78 is 5.39. The van der Waals surface area contributed by atoms with Crippen molar-refractivity contribution in [3.05, 3.63) is 71.8 Å². The normalized spacial score (nSPS) is 13.9. The molecule has 0 radical (unpaired) electrons. The van der Waals surface area contributed by atoms with E-state index in [4.69, 9.17) is 10.5 Å². The third-order valence-electron chi connectivity index (χ3n) is 7.17. The molecule has 4 atom stereocenters. The van der Waals surface area contributed by atoms with E-state index >= 15 is 0 Å². The fourth-order valence-electron chi connectivity index (χ4n) is 4.54. The zero-order valence-electron chi connectivity index (χ0n) is 24.7. The predicted molar refractivity (Wildman–Crippen MR) is 156 cm³/mol. The molecule has 0 spiro atoms. The van der Waals surface area contributed by atoms with E-state index in [1.165, 1.54) is 7.05 Å². The molecule has 9 nitrogen and oxygen atoms in total. The molecule has 0 bridgehead atoms. The first-order valence-corrected chi connectivity index (χ1v) is 14.1. The van der Waals surface area contributed by atoms with Crippen molar-refractivity contribution >= 4 is 29.5 Å². The Bertz CT molecular complexity index is 1170. The van der Waals surface area contributed by atoms with Gasteiger partial charge in [-0.25, -0.2) is 0 Å². The molecule has 1 unspecified atom stereocenters. The fourth-order valence-corrected chi connectivity index (χ4v) is 4.54. The molecular weight excluding hydrogens is 522 g/mol. The quantitative estimate of drug-likeness (QED) is 0.236. The molecule has 2 rings (SSSR count). The minimum Gasteiger partial charge on any atom is -0.461 e. The number of nitrogens with zero attached hydrogens (tertiary/aromatic N) is 1. The molecule has 0 saturated heterocycles. The third-order valence-corrected chi connectivity index (χ3v) is 7.17. The summed E-state index contributed by atoms with van der Waals surface area (Å²) in [4.78, 5) is 66.2. The Morgan fingerprint density at radius 2 is 1.46 bits per heavy atom. The van der Waals surface area contributed by atoms with Gasteiger partial charge in [0.25, 0.3) is 5.91 Å². The van der Waals surface area contributed by atoms with Gasteiger partial charge in [-0.15, -0.1) is 0 Å². The average molecular weight is 566 g/mol. The van der Waals surface area contributed by atoms with E-state index in [1.54, 1.807) is 31.2 Å². The number of rotatable bonds is 16. The van der Waals surface area contributed by atoms with Crippen LogP contribution < -0.4 is 11.1 Å². The molecule has 0 aromatic heterocycles. The van der Waals surface area contributed by atoms with Gasteiger partial charge in [-0.05, 0) is 29.4 Å². The number of benzene rings is 2. The molecule has 3 N–H and O–H groups in total. The van der Waals surface area contributed by atoms with Crippen molar-refractivity contribution in [2.75, 3.05) is 7.05 Å². The van der Waals surface area contributed by atoms with Gasteiger partial charge in [0.05, 0.1) is 12.5 Å². The highest BCUT2D eigenvalue weighted by Crippen LogP contribution is 2.20. The number of carbonyl (C=O) groups is 5. The van der Waals surface area contributed by atoms with Crippen LogP contribution in [0, 0.1) is 17.8 Å². The number of carbonyl (C=O) groups excluding carboxylic acids is 5. The van der Waals surface area contributed by atoms with E-state index in [1.807, 2.05) is 57.2 Å². The van der Waals surface area contributed by atoms with Crippen molar-refractivity contribution in [2.45, 2.75) is 72.1 Å². The van der Waals surface area contributed by atoms with Crippen LogP contribution in [-0.2, 0) is 41.7 Å². The van der Waals surface area contributed by atoms with Gasteiger partial charge in [-0.1, -0.05) is 94.8 Å². The summed E-state index contributed by atoms with van der Waals surface area (Å²) >= 11 is 0. The molecule has 41 heavy (non-hydrogen) atoms. The monoisotopic (exact) mass is 565 g/mol. The summed E-state index contributed by atoms with van der Waals surface area (Å²) in [6, 6.07) is 16.1. The van der Waals surface area contributed by atoms with Crippen molar-refractivity contribution in [1.29, 1.82) is 0 Å². The molecule has 3 amide bonds. The lowest BCUT2D eigenvalue weighted by Crippen LogP contribution is -2.56. The van der Waals surface area contributed by atoms with Crippen LogP contribution >= 0.6 is 0 Å². The number of nitrogens with two attached hydrogens (primary N) is 1. The first kappa shape index (κ1) is 33.2. The highest BCUT2D eigenvalue weighted by Gasteiger charge is 2.37. The van der Waals surface area contributed by atoms with E-state index in [2.05, 4.69) is 5.32 Å². The number of hydrogen-bond donors (Lipinski definition) is 2. The summed E-state index contributed by atoms with van der Waals surface area (Å²) in [5.41, 5.74) is 7.22. The van der Waals surface area contributed by atoms with Crippen molar-refractivity contribution in [2.24, 2.45) is 23.5 Å². The molecule has 2 aromatic carbocycles. The zero-order valence-corrected chi connectivity index (χ0v) is 24.7. The van der Waals surface area contributed by atoms with E-state index in [0.29, 0.717) is 12.8 Å². The molecular formula is C32H43N3O6. The third kappa shape index (κ3) is 10.5. The molecule has 222 valence electrons. The van der Waals surface area contributed by atoms with Gasteiger partial charge in [-0.3, -0.25) is 24.0 Å². The van der Waals surface area contributed by atoms with Crippen LogP contribution in [-0.4, -0.2) is 53.5 Å². The maximum atomic E-state index is 13.5. The SMILES string of the molecule is CC[C@H](C)C(NC(=O)[C@@H](CC(=O)OCc1ccccc1)CC(C)C)C(=O)C(=O)N(C)[C@@H](Cc1ccccc1)C(N)=O. The minimum absolute atomic E-state index is 0.0903. The molecule has 2 aromatic rings. The predicted octanol–water partition coefficient (Wildman–Crippen LogP) is 3.44. The van der Waals surface area contributed by atoms with E-state index in [0.717, 1.165) is 16.0 Å². The summed E-state index contributed by atoms with van der Waals surface area (Å²) in [6.07, 6.45) is 0.883. The maximum absolute atomic E-state index is 13.5. The van der Waals surface area contributed by atoms with Crippen molar-refractivity contribution in [3.8, 4) is 0 Å². The van der Waals surface area contributed by atoms with Gasteiger partial charge >= 0.3 is 5.97 Å². The molecule has 0 heterocycles. The van der Waals surface area contributed by atoms with Crippen LogP contribution in [0.4, 0.5) is 0 Å². The van der Waals surface area contributed by atoms with Crippen molar-refractivity contribution in [1.82, 2.24) is 10.2 Å². The van der Waals surface area contributed by atoms with E-state index < -0.39 is 47.5 Å². The largest absolute Gasteiger partial charge is 0.461 e. The summed E-state index contributed by atoms with van der Waals surface area (Å²) in [7, 11) is 1.36. The number of ketones is 1. The van der Waals surface area contributed by atoms with E-state index in [9.17, 15) is 24.0 Å².